The van der Waals surface area contributed by atoms with E-state index in [0.717, 1.165) is 17.6 Å². The molecule has 1 heterocycles. The van der Waals surface area contributed by atoms with Gasteiger partial charge in [-0.15, -0.1) is 0 Å². The molecule has 1 aromatic heterocycles. The molecule has 0 saturated heterocycles. The molecule has 0 radical (unpaired) electrons. The summed E-state index contributed by atoms with van der Waals surface area (Å²) in [5.41, 5.74) is 3.33. The molecule has 15 heavy (non-hydrogen) atoms. The summed E-state index contributed by atoms with van der Waals surface area (Å²) < 4.78 is 2.08. The van der Waals surface area contributed by atoms with Crippen molar-refractivity contribution in [2.45, 2.75) is 27.3 Å². The van der Waals surface area contributed by atoms with Gasteiger partial charge in [-0.1, -0.05) is 26.0 Å². The second-order valence-electron chi connectivity index (χ2n) is 4.33. The van der Waals surface area contributed by atoms with Gasteiger partial charge in [0.1, 0.15) is 0 Å². The second kappa shape index (κ2) is 3.86. The molecule has 0 amide bonds. The van der Waals surface area contributed by atoms with Gasteiger partial charge < -0.3 is 4.57 Å². The van der Waals surface area contributed by atoms with E-state index in [1.165, 1.54) is 5.56 Å². The van der Waals surface area contributed by atoms with E-state index in [4.69, 9.17) is 11.6 Å². The fraction of sp³-hybridized carbons (Fsp3) is 0.417. The average Bonchev–Trinajstić information content (AvgIpc) is 2.45. The summed E-state index contributed by atoms with van der Waals surface area (Å²) in [6, 6.07) is 6.18. The number of hydrogen-bond acceptors (Lipinski definition) is 1. The molecule has 80 valence electrons. The van der Waals surface area contributed by atoms with E-state index in [1.54, 1.807) is 0 Å². The van der Waals surface area contributed by atoms with E-state index < -0.39 is 0 Å². The van der Waals surface area contributed by atoms with E-state index in [2.05, 4.69) is 42.5 Å². The minimum Gasteiger partial charge on any atom is -0.314 e. The number of imidazole rings is 1. The van der Waals surface area contributed by atoms with Crippen LogP contribution in [0.25, 0.3) is 11.0 Å². The Morgan fingerprint density at radius 3 is 2.80 bits per heavy atom. The quantitative estimate of drug-likeness (QED) is 0.759. The number of aryl methyl sites for hydroxylation is 1. The highest BCUT2D eigenvalue weighted by atomic mass is 35.5. The standard InChI is InChI=1S/C12H15ClN2/c1-8(2)7-15-10-6-4-5-9(3)11(10)14-12(15)13/h4-6,8H,7H2,1-3H3. The predicted octanol–water partition coefficient (Wildman–Crippen LogP) is 3.65. The zero-order valence-electron chi connectivity index (χ0n) is 9.29. The molecule has 0 aliphatic carbocycles. The highest BCUT2D eigenvalue weighted by molar-refractivity contribution is 6.29. The summed E-state index contributed by atoms with van der Waals surface area (Å²) in [6.45, 7) is 7.33. The average molecular weight is 223 g/mol. The Labute approximate surface area is 94.9 Å². The number of para-hydroxylation sites is 1. The highest BCUT2D eigenvalue weighted by Crippen LogP contribution is 2.23. The van der Waals surface area contributed by atoms with Crippen molar-refractivity contribution in [1.82, 2.24) is 9.55 Å². The lowest BCUT2D eigenvalue weighted by Gasteiger charge is -2.08. The monoisotopic (exact) mass is 222 g/mol. The molecule has 0 N–H and O–H groups in total. The molecule has 3 heteroatoms. The number of fused-ring (bicyclic) bond motifs is 1. The van der Waals surface area contributed by atoms with Gasteiger partial charge >= 0.3 is 0 Å². The zero-order valence-corrected chi connectivity index (χ0v) is 10.0. The fourth-order valence-electron chi connectivity index (χ4n) is 1.80. The van der Waals surface area contributed by atoms with Crippen molar-refractivity contribution in [1.29, 1.82) is 0 Å². The van der Waals surface area contributed by atoms with E-state index in [9.17, 15) is 0 Å². The maximum Gasteiger partial charge on any atom is 0.203 e. The summed E-state index contributed by atoms with van der Waals surface area (Å²) in [4.78, 5) is 4.39. The van der Waals surface area contributed by atoms with Crippen LogP contribution in [0.2, 0.25) is 5.28 Å². The Morgan fingerprint density at radius 2 is 2.13 bits per heavy atom. The first-order chi connectivity index (χ1) is 7.09. The van der Waals surface area contributed by atoms with Gasteiger partial charge in [-0.2, -0.15) is 0 Å². The largest absolute Gasteiger partial charge is 0.314 e. The van der Waals surface area contributed by atoms with Crippen molar-refractivity contribution in [3.63, 3.8) is 0 Å². The van der Waals surface area contributed by atoms with Crippen LogP contribution in [0.3, 0.4) is 0 Å². The number of halogens is 1. The number of aromatic nitrogens is 2. The van der Waals surface area contributed by atoms with Gasteiger partial charge in [0.15, 0.2) is 0 Å². The van der Waals surface area contributed by atoms with Gasteiger partial charge in [0.05, 0.1) is 11.0 Å². The molecule has 0 spiro atoms. The Kier molecular flexibility index (Phi) is 2.70. The lowest BCUT2D eigenvalue weighted by atomic mass is 10.2. The second-order valence-corrected chi connectivity index (χ2v) is 4.67. The van der Waals surface area contributed by atoms with Gasteiger partial charge in [-0.25, -0.2) is 4.98 Å². The normalized spacial score (nSPS) is 11.5. The lowest BCUT2D eigenvalue weighted by Crippen LogP contribution is -2.04. The van der Waals surface area contributed by atoms with Gasteiger partial charge in [-0.3, -0.25) is 0 Å². The van der Waals surface area contributed by atoms with Crippen LogP contribution in [-0.4, -0.2) is 9.55 Å². The third kappa shape index (κ3) is 1.86. The van der Waals surface area contributed by atoms with Crippen LogP contribution in [0.5, 0.6) is 0 Å². The number of nitrogens with zero attached hydrogens (tertiary/aromatic N) is 2. The molecule has 0 aliphatic heterocycles. The molecule has 2 aromatic rings. The van der Waals surface area contributed by atoms with Gasteiger partial charge in [0.2, 0.25) is 5.28 Å². The lowest BCUT2D eigenvalue weighted by molar-refractivity contribution is 0.533. The molecule has 0 unspecified atom stereocenters. The molecule has 0 fully saturated rings. The fourth-order valence-corrected chi connectivity index (χ4v) is 2.04. The van der Waals surface area contributed by atoms with Crippen LogP contribution < -0.4 is 0 Å². The van der Waals surface area contributed by atoms with E-state index in [1.807, 2.05) is 6.07 Å². The summed E-state index contributed by atoms with van der Waals surface area (Å²) in [5.74, 6) is 0.570. The van der Waals surface area contributed by atoms with Crippen LogP contribution in [0.15, 0.2) is 18.2 Å². The topological polar surface area (TPSA) is 17.8 Å². The third-order valence-electron chi connectivity index (χ3n) is 2.48. The van der Waals surface area contributed by atoms with Crippen molar-refractivity contribution < 1.29 is 0 Å². The molecule has 0 aliphatic rings. The predicted molar refractivity (Wildman–Crippen MR) is 64.3 cm³/mol. The minimum absolute atomic E-state index is 0.570. The van der Waals surface area contributed by atoms with Gasteiger partial charge in [0.25, 0.3) is 0 Å². The Balaban J connectivity index is 2.63. The van der Waals surface area contributed by atoms with Crippen LogP contribution in [-0.2, 0) is 6.54 Å². The first-order valence-electron chi connectivity index (χ1n) is 5.21. The van der Waals surface area contributed by atoms with Crippen molar-refractivity contribution in [3.8, 4) is 0 Å². The first kappa shape index (κ1) is 10.5. The van der Waals surface area contributed by atoms with Crippen LogP contribution in [0.1, 0.15) is 19.4 Å². The third-order valence-corrected chi connectivity index (χ3v) is 2.77. The van der Waals surface area contributed by atoms with Crippen LogP contribution >= 0.6 is 11.6 Å². The molecule has 2 nitrogen and oxygen atoms in total. The van der Waals surface area contributed by atoms with Gasteiger partial charge in [-0.05, 0) is 36.1 Å². The first-order valence-corrected chi connectivity index (χ1v) is 5.58. The SMILES string of the molecule is Cc1cccc2c1nc(Cl)n2CC(C)C. The van der Waals surface area contributed by atoms with Crippen molar-refractivity contribution >= 4 is 22.6 Å². The van der Waals surface area contributed by atoms with Crippen molar-refractivity contribution in [3.05, 3.63) is 29.0 Å². The molecule has 1 aromatic carbocycles. The zero-order chi connectivity index (χ0) is 11.0. The Hall–Kier alpha value is -1.02. The Morgan fingerprint density at radius 1 is 1.40 bits per heavy atom. The number of benzene rings is 1. The minimum atomic E-state index is 0.570. The molecular weight excluding hydrogens is 208 g/mol. The maximum absolute atomic E-state index is 6.14. The molecule has 0 saturated carbocycles. The summed E-state index contributed by atoms with van der Waals surface area (Å²) in [7, 11) is 0. The molecule has 2 rings (SSSR count). The Bertz CT molecular complexity index is 486. The van der Waals surface area contributed by atoms with Crippen LogP contribution in [0.4, 0.5) is 0 Å². The van der Waals surface area contributed by atoms with Crippen molar-refractivity contribution in [2.24, 2.45) is 5.92 Å². The highest BCUT2D eigenvalue weighted by Gasteiger charge is 2.10. The molecule has 0 atom stereocenters. The number of rotatable bonds is 2. The summed E-state index contributed by atoms with van der Waals surface area (Å²) in [6.07, 6.45) is 0. The molecular formula is C12H15ClN2. The van der Waals surface area contributed by atoms with E-state index >= 15 is 0 Å². The maximum atomic E-state index is 6.14. The van der Waals surface area contributed by atoms with E-state index in [0.29, 0.717) is 11.2 Å². The number of hydrogen-bond donors (Lipinski definition) is 0. The van der Waals surface area contributed by atoms with Crippen LogP contribution in [0, 0.1) is 12.8 Å². The molecule has 0 bridgehead atoms. The summed E-state index contributed by atoms with van der Waals surface area (Å²) >= 11 is 6.14. The smallest absolute Gasteiger partial charge is 0.203 e. The van der Waals surface area contributed by atoms with E-state index in [-0.39, 0.29) is 0 Å². The summed E-state index contributed by atoms with van der Waals surface area (Å²) in [5, 5.41) is 0.591. The van der Waals surface area contributed by atoms with Gasteiger partial charge in [0, 0.05) is 6.54 Å². The van der Waals surface area contributed by atoms with Crippen molar-refractivity contribution in [2.75, 3.05) is 0 Å².